The maximum Gasteiger partial charge on any atom is 0.304 e. The number of thiazole rings is 1. The maximum absolute atomic E-state index is 12.2. The average Bonchev–Trinajstić information content (AvgIpc) is 2.79. The minimum Gasteiger partial charge on any atom is -0.398 e. The lowest BCUT2D eigenvalue weighted by atomic mass is 10.1. The van der Waals surface area contributed by atoms with E-state index in [-0.39, 0.29) is 16.3 Å². The summed E-state index contributed by atoms with van der Waals surface area (Å²) in [6.45, 7) is 3.68. The molecule has 0 bridgehead atoms. The summed E-state index contributed by atoms with van der Waals surface area (Å²) in [5, 5.41) is 1.58. The van der Waals surface area contributed by atoms with Gasteiger partial charge in [0.25, 0.3) is 0 Å². The van der Waals surface area contributed by atoms with Gasteiger partial charge in [-0.3, -0.25) is 4.79 Å². The van der Waals surface area contributed by atoms with Gasteiger partial charge in [-0.2, -0.15) is 0 Å². The quantitative estimate of drug-likeness (QED) is 0.735. The Kier molecular flexibility index (Phi) is 3.98. The van der Waals surface area contributed by atoms with Crippen LogP contribution in [0.15, 0.2) is 27.2 Å². The molecule has 0 aliphatic rings. The fraction of sp³-hybridized carbons (Fsp3) is 0.250. The summed E-state index contributed by atoms with van der Waals surface area (Å²) in [7, 11) is -3.66. The number of benzene rings is 1. The number of rotatable bonds is 4. The first-order valence-electron chi connectivity index (χ1n) is 5.82. The number of hydrogen-bond donors (Lipinski definition) is 3. The Bertz CT molecular complexity index is 767. The molecule has 0 saturated carbocycles. The first kappa shape index (κ1) is 14.8. The van der Waals surface area contributed by atoms with E-state index in [1.54, 1.807) is 18.4 Å². The molecule has 8 heteroatoms. The second kappa shape index (κ2) is 5.39. The van der Waals surface area contributed by atoms with Gasteiger partial charge in [-0.15, -0.1) is 0 Å². The van der Waals surface area contributed by atoms with Crippen molar-refractivity contribution < 1.29 is 8.42 Å². The molecule has 0 amide bonds. The minimum absolute atomic E-state index is 0.0356. The normalized spacial score (nSPS) is 11.7. The van der Waals surface area contributed by atoms with E-state index in [0.717, 1.165) is 22.5 Å². The van der Waals surface area contributed by atoms with Crippen molar-refractivity contribution in [3.8, 4) is 0 Å². The van der Waals surface area contributed by atoms with Gasteiger partial charge in [0.15, 0.2) is 0 Å². The predicted octanol–water partition coefficient (Wildman–Crippen LogP) is 1.11. The molecule has 0 spiro atoms. The minimum atomic E-state index is -3.66. The van der Waals surface area contributed by atoms with Gasteiger partial charge in [0, 0.05) is 16.8 Å². The molecule has 0 saturated heterocycles. The van der Waals surface area contributed by atoms with Crippen molar-refractivity contribution in [3.63, 3.8) is 0 Å². The number of aromatic amines is 1. The van der Waals surface area contributed by atoms with Crippen LogP contribution in [-0.4, -0.2) is 13.4 Å². The number of hydrogen-bond acceptors (Lipinski definition) is 5. The largest absolute Gasteiger partial charge is 0.398 e. The molecule has 0 fully saturated rings. The van der Waals surface area contributed by atoms with Gasteiger partial charge >= 0.3 is 4.87 Å². The van der Waals surface area contributed by atoms with Crippen LogP contribution in [0.1, 0.15) is 16.8 Å². The van der Waals surface area contributed by atoms with Crippen molar-refractivity contribution in [1.82, 2.24) is 9.71 Å². The van der Waals surface area contributed by atoms with Gasteiger partial charge < -0.3 is 10.7 Å². The van der Waals surface area contributed by atoms with Crippen LogP contribution < -0.4 is 15.3 Å². The lowest BCUT2D eigenvalue weighted by Gasteiger charge is -2.10. The van der Waals surface area contributed by atoms with Crippen LogP contribution >= 0.6 is 11.3 Å². The molecule has 2 aromatic rings. The van der Waals surface area contributed by atoms with E-state index in [0.29, 0.717) is 11.4 Å². The molecule has 0 unspecified atom stereocenters. The Hall–Kier alpha value is -1.64. The van der Waals surface area contributed by atoms with Crippen LogP contribution in [0, 0.1) is 13.8 Å². The monoisotopic (exact) mass is 313 g/mol. The summed E-state index contributed by atoms with van der Waals surface area (Å²) in [6, 6.07) is 3.01. The van der Waals surface area contributed by atoms with E-state index in [4.69, 9.17) is 5.73 Å². The number of anilines is 1. The van der Waals surface area contributed by atoms with Crippen molar-refractivity contribution >= 4 is 27.0 Å². The summed E-state index contributed by atoms with van der Waals surface area (Å²) in [5.41, 5.74) is 8.44. The summed E-state index contributed by atoms with van der Waals surface area (Å²) in [4.78, 5) is 13.4. The lowest BCUT2D eigenvalue weighted by molar-refractivity contribution is 0.580. The van der Waals surface area contributed by atoms with Crippen molar-refractivity contribution in [2.24, 2.45) is 0 Å². The van der Waals surface area contributed by atoms with Gasteiger partial charge in [0.1, 0.15) is 0 Å². The third-order valence-corrected chi connectivity index (χ3v) is 5.11. The molecule has 4 N–H and O–H groups in total. The van der Waals surface area contributed by atoms with Crippen LogP contribution in [0.2, 0.25) is 0 Å². The highest BCUT2D eigenvalue weighted by molar-refractivity contribution is 7.89. The van der Waals surface area contributed by atoms with Crippen molar-refractivity contribution in [2.45, 2.75) is 25.3 Å². The van der Waals surface area contributed by atoms with Crippen LogP contribution in [0.4, 0.5) is 5.69 Å². The van der Waals surface area contributed by atoms with E-state index >= 15 is 0 Å². The summed E-state index contributed by atoms with van der Waals surface area (Å²) >= 11 is 0.992. The SMILES string of the molecule is Cc1cc(S(=O)(=O)NCc2csc(=O)[nH]2)cc(N)c1C. The molecule has 0 radical (unpaired) electrons. The number of nitrogens with two attached hydrogens (primary N) is 1. The zero-order chi connectivity index (χ0) is 14.9. The number of nitrogens with one attached hydrogen (secondary N) is 2. The highest BCUT2D eigenvalue weighted by Gasteiger charge is 2.16. The van der Waals surface area contributed by atoms with Crippen LogP contribution in [0.5, 0.6) is 0 Å². The molecular formula is C12H15N3O3S2. The van der Waals surface area contributed by atoms with E-state index in [1.807, 2.05) is 6.92 Å². The second-order valence-corrected chi connectivity index (χ2v) is 7.06. The number of aryl methyl sites for hydroxylation is 1. The van der Waals surface area contributed by atoms with E-state index < -0.39 is 10.0 Å². The fourth-order valence-electron chi connectivity index (χ4n) is 1.66. The standard InChI is InChI=1S/C12H15N3O3S2/c1-7-3-10(4-11(13)8(7)2)20(17,18)14-5-9-6-19-12(16)15-9/h3-4,6,14H,5,13H2,1-2H3,(H,15,16). The Balaban J connectivity index is 2.24. The van der Waals surface area contributed by atoms with Gasteiger partial charge in [-0.05, 0) is 37.1 Å². The van der Waals surface area contributed by atoms with E-state index in [2.05, 4.69) is 9.71 Å². The average molecular weight is 313 g/mol. The zero-order valence-corrected chi connectivity index (χ0v) is 12.7. The van der Waals surface area contributed by atoms with Gasteiger partial charge in [-0.1, -0.05) is 11.3 Å². The molecule has 0 aliphatic heterocycles. The predicted molar refractivity (Wildman–Crippen MR) is 79.3 cm³/mol. The number of nitrogen functional groups attached to an aromatic ring is 1. The zero-order valence-electron chi connectivity index (χ0n) is 11.1. The Morgan fingerprint density at radius 2 is 2.05 bits per heavy atom. The Labute approximate surface area is 120 Å². The highest BCUT2D eigenvalue weighted by atomic mass is 32.2. The van der Waals surface area contributed by atoms with Gasteiger partial charge in [0.05, 0.1) is 11.4 Å². The lowest BCUT2D eigenvalue weighted by Crippen LogP contribution is -2.24. The molecular weight excluding hydrogens is 298 g/mol. The third-order valence-electron chi connectivity index (χ3n) is 3.01. The van der Waals surface area contributed by atoms with Crippen LogP contribution in [0.25, 0.3) is 0 Å². The molecule has 2 rings (SSSR count). The Morgan fingerprint density at radius 1 is 1.35 bits per heavy atom. The smallest absolute Gasteiger partial charge is 0.304 e. The number of sulfonamides is 1. The fourth-order valence-corrected chi connectivity index (χ4v) is 3.37. The summed E-state index contributed by atoms with van der Waals surface area (Å²) in [6.07, 6.45) is 0. The molecule has 1 aromatic carbocycles. The molecule has 1 aromatic heterocycles. The van der Waals surface area contributed by atoms with Gasteiger partial charge in [0.2, 0.25) is 10.0 Å². The van der Waals surface area contributed by atoms with E-state index in [1.165, 1.54) is 6.07 Å². The van der Waals surface area contributed by atoms with Crippen molar-refractivity contribution in [3.05, 3.63) is 44.0 Å². The maximum atomic E-state index is 12.2. The summed E-state index contributed by atoms with van der Waals surface area (Å²) < 4.78 is 26.8. The van der Waals surface area contributed by atoms with Crippen molar-refractivity contribution in [2.75, 3.05) is 5.73 Å². The third kappa shape index (κ3) is 3.09. The van der Waals surface area contributed by atoms with Crippen molar-refractivity contribution in [1.29, 1.82) is 0 Å². The number of H-pyrrole nitrogens is 1. The molecule has 0 aliphatic carbocycles. The second-order valence-electron chi connectivity index (χ2n) is 4.45. The molecule has 108 valence electrons. The van der Waals surface area contributed by atoms with Gasteiger partial charge in [-0.25, -0.2) is 13.1 Å². The first-order valence-corrected chi connectivity index (χ1v) is 8.19. The molecule has 6 nitrogen and oxygen atoms in total. The molecule has 1 heterocycles. The molecule has 20 heavy (non-hydrogen) atoms. The first-order chi connectivity index (χ1) is 9.29. The molecule has 0 atom stereocenters. The highest BCUT2D eigenvalue weighted by Crippen LogP contribution is 2.21. The summed E-state index contributed by atoms with van der Waals surface area (Å²) in [5.74, 6) is 0. The van der Waals surface area contributed by atoms with E-state index in [9.17, 15) is 13.2 Å². The Morgan fingerprint density at radius 3 is 2.60 bits per heavy atom. The number of aromatic nitrogens is 1. The topological polar surface area (TPSA) is 105 Å². The van der Waals surface area contributed by atoms with Crippen LogP contribution in [-0.2, 0) is 16.6 Å². The van der Waals surface area contributed by atoms with Crippen LogP contribution in [0.3, 0.4) is 0 Å².